The molecule has 1 aromatic carbocycles. The van der Waals surface area contributed by atoms with E-state index in [0.717, 1.165) is 5.92 Å². The zero-order valence-electron chi connectivity index (χ0n) is 9.80. The van der Waals surface area contributed by atoms with Crippen molar-refractivity contribution < 1.29 is 0 Å². The Balaban J connectivity index is 2.13. The first-order valence-electron chi connectivity index (χ1n) is 5.99. The maximum atomic E-state index is 3.73. The quantitative estimate of drug-likeness (QED) is 0.677. The molecule has 0 spiro atoms. The number of hydrogen-bond acceptors (Lipinski definition) is 1. The minimum absolute atomic E-state index is 0.391. The van der Waals surface area contributed by atoms with Gasteiger partial charge in [0.05, 0.1) is 0 Å². The maximum absolute atomic E-state index is 3.73. The highest BCUT2D eigenvalue weighted by Crippen LogP contribution is 2.52. The van der Waals surface area contributed by atoms with Crippen molar-refractivity contribution >= 4 is 5.69 Å². The zero-order valence-corrected chi connectivity index (χ0v) is 9.80. The number of benzene rings is 1. The summed E-state index contributed by atoms with van der Waals surface area (Å²) in [5.41, 5.74) is 4.68. The molecule has 1 fully saturated rings. The van der Waals surface area contributed by atoms with Crippen LogP contribution in [0.15, 0.2) is 18.2 Å². The van der Waals surface area contributed by atoms with Crippen molar-refractivity contribution in [3.8, 4) is 0 Å². The SMILES string of the molecule is Cc1ccc2c(c1)N[C@H]1[C@@H](C)CC[C@@]21C. The van der Waals surface area contributed by atoms with Gasteiger partial charge in [0.2, 0.25) is 0 Å². The highest BCUT2D eigenvalue weighted by atomic mass is 15.0. The lowest BCUT2D eigenvalue weighted by Crippen LogP contribution is -2.33. The second-order valence-electron chi connectivity index (χ2n) is 5.60. The van der Waals surface area contributed by atoms with E-state index in [0.29, 0.717) is 11.5 Å². The molecule has 0 aromatic heterocycles. The van der Waals surface area contributed by atoms with Gasteiger partial charge in [-0.05, 0) is 42.9 Å². The molecule has 1 heterocycles. The molecular weight excluding hydrogens is 182 g/mol. The van der Waals surface area contributed by atoms with E-state index in [9.17, 15) is 0 Å². The van der Waals surface area contributed by atoms with Gasteiger partial charge in [0.25, 0.3) is 0 Å². The standard InChI is InChI=1S/C14H19N/c1-9-4-5-11-12(8-9)15-13-10(2)6-7-14(11,13)3/h4-5,8,10,13,15H,6-7H2,1-3H3/t10-,13-,14-/m0/s1. The molecule has 2 aliphatic rings. The van der Waals surface area contributed by atoms with Gasteiger partial charge in [-0.2, -0.15) is 0 Å². The van der Waals surface area contributed by atoms with Gasteiger partial charge in [0, 0.05) is 17.1 Å². The smallest absolute Gasteiger partial charge is 0.0384 e. The Labute approximate surface area is 91.9 Å². The Bertz CT molecular complexity index is 410. The van der Waals surface area contributed by atoms with Gasteiger partial charge < -0.3 is 5.32 Å². The summed E-state index contributed by atoms with van der Waals surface area (Å²) >= 11 is 0. The molecular formula is C14H19N. The van der Waals surface area contributed by atoms with Crippen molar-refractivity contribution in [1.29, 1.82) is 0 Å². The molecule has 0 amide bonds. The van der Waals surface area contributed by atoms with Crippen LogP contribution in [0.2, 0.25) is 0 Å². The third-order valence-electron chi connectivity index (χ3n) is 4.48. The zero-order chi connectivity index (χ0) is 10.6. The van der Waals surface area contributed by atoms with Gasteiger partial charge in [-0.25, -0.2) is 0 Å². The third kappa shape index (κ3) is 1.09. The van der Waals surface area contributed by atoms with E-state index in [1.54, 1.807) is 5.56 Å². The van der Waals surface area contributed by atoms with E-state index in [1.807, 2.05) is 0 Å². The predicted molar refractivity (Wildman–Crippen MR) is 64.3 cm³/mol. The van der Waals surface area contributed by atoms with Crippen LogP contribution in [0.5, 0.6) is 0 Å². The fourth-order valence-corrected chi connectivity index (χ4v) is 3.52. The van der Waals surface area contributed by atoms with Crippen LogP contribution < -0.4 is 5.32 Å². The molecule has 1 nitrogen and oxygen atoms in total. The Morgan fingerprint density at radius 1 is 1.40 bits per heavy atom. The monoisotopic (exact) mass is 201 g/mol. The van der Waals surface area contributed by atoms with E-state index in [2.05, 4.69) is 44.3 Å². The van der Waals surface area contributed by atoms with Crippen LogP contribution in [0.4, 0.5) is 5.69 Å². The van der Waals surface area contributed by atoms with E-state index in [4.69, 9.17) is 0 Å². The van der Waals surface area contributed by atoms with Crippen LogP contribution >= 0.6 is 0 Å². The summed E-state index contributed by atoms with van der Waals surface area (Å²) in [5, 5.41) is 3.73. The van der Waals surface area contributed by atoms with Gasteiger partial charge in [-0.1, -0.05) is 26.0 Å². The molecule has 0 unspecified atom stereocenters. The molecule has 1 aromatic rings. The first-order chi connectivity index (χ1) is 7.11. The number of fused-ring (bicyclic) bond motifs is 3. The molecule has 0 radical (unpaired) electrons. The second kappa shape index (κ2) is 2.78. The van der Waals surface area contributed by atoms with Crippen molar-refractivity contribution in [3.63, 3.8) is 0 Å². The lowest BCUT2D eigenvalue weighted by molar-refractivity contribution is 0.441. The van der Waals surface area contributed by atoms with E-state index < -0.39 is 0 Å². The van der Waals surface area contributed by atoms with E-state index >= 15 is 0 Å². The van der Waals surface area contributed by atoms with Crippen molar-refractivity contribution in [2.75, 3.05) is 5.32 Å². The largest absolute Gasteiger partial charge is 0.381 e. The topological polar surface area (TPSA) is 12.0 Å². The second-order valence-corrected chi connectivity index (χ2v) is 5.60. The normalized spacial score (nSPS) is 37.3. The first-order valence-corrected chi connectivity index (χ1v) is 5.99. The molecule has 1 N–H and O–H groups in total. The van der Waals surface area contributed by atoms with Crippen molar-refractivity contribution in [2.24, 2.45) is 5.92 Å². The Morgan fingerprint density at radius 2 is 2.20 bits per heavy atom. The molecule has 3 rings (SSSR count). The maximum Gasteiger partial charge on any atom is 0.0384 e. The summed E-state index contributed by atoms with van der Waals surface area (Å²) < 4.78 is 0. The molecule has 1 saturated carbocycles. The van der Waals surface area contributed by atoms with Gasteiger partial charge in [0.1, 0.15) is 0 Å². The summed E-state index contributed by atoms with van der Waals surface area (Å²) in [4.78, 5) is 0. The number of hydrogen-bond donors (Lipinski definition) is 1. The summed E-state index contributed by atoms with van der Waals surface area (Å²) in [6.07, 6.45) is 2.70. The number of aryl methyl sites for hydroxylation is 1. The molecule has 1 aliphatic heterocycles. The van der Waals surface area contributed by atoms with Crippen LogP contribution in [0.1, 0.15) is 37.8 Å². The Hall–Kier alpha value is -0.980. The van der Waals surface area contributed by atoms with Crippen LogP contribution in [-0.2, 0) is 5.41 Å². The lowest BCUT2D eigenvalue weighted by atomic mass is 9.79. The first kappa shape index (κ1) is 9.26. The molecule has 80 valence electrons. The average molecular weight is 201 g/mol. The van der Waals surface area contributed by atoms with Crippen molar-refractivity contribution in [3.05, 3.63) is 29.3 Å². The summed E-state index contributed by atoms with van der Waals surface area (Å²) in [6, 6.07) is 7.53. The van der Waals surface area contributed by atoms with Crippen molar-refractivity contribution in [1.82, 2.24) is 0 Å². The number of rotatable bonds is 0. The Morgan fingerprint density at radius 3 is 3.00 bits per heavy atom. The van der Waals surface area contributed by atoms with Crippen LogP contribution in [0.25, 0.3) is 0 Å². The van der Waals surface area contributed by atoms with Gasteiger partial charge >= 0.3 is 0 Å². The molecule has 0 bridgehead atoms. The van der Waals surface area contributed by atoms with Gasteiger partial charge in [-0.15, -0.1) is 0 Å². The minimum Gasteiger partial charge on any atom is -0.381 e. The molecule has 0 saturated heterocycles. The highest BCUT2D eigenvalue weighted by molar-refractivity contribution is 5.64. The molecule has 3 atom stereocenters. The summed E-state index contributed by atoms with van der Waals surface area (Å²) in [5.74, 6) is 0.808. The van der Waals surface area contributed by atoms with Crippen molar-refractivity contribution in [2.45, 2.75) is 45.1 Å². The molecule has 1 heteroatoms. The molecule has 1 aliphatic carbocycles. The van der Waals surface area contributed by atoms with E-state index in [-0.39, 0.29) is 0 Å². The minimum atomic E-state index is 0.391. The number of anilines is 1. The molecule has 15 heavy (non-hydrogen) atoms. The van der Waals surface area contributed by atoms with Gasteiger partial charge in [0.15, 0.2) is 0 Å². The number of nitrogens with one attached hydrogen (secondary N) is 1. The predicted octanol–water partition coefficient (Wildman–Crippen LogP) is 3.48. The van der Waals surface area contributed by atoms with Crippen LogP contribution in [0.3, 0.4) is 0 Å². The van der Waals surface area contributed by atoms with Gasteiger partial charge in [-0.3, -0.25) is 0 Å². The third-order valence-corrected chi connectivity index (χ3v) is 4.48. The lowest BCUT2D eigenvalue weighted by Gasteiger charge is -2.26. The van der Waals surface area contributed by atoms with Crippen LogP contribution in [-0.4, -0.2) is 6.04 Å². The summed E-state index contributed by atoms with van der Waals surface area (Å²) in [6.45, 7) is 6.97. The fourth-order valence-electron chi connectivity index (χ4n) is 3.52. The fraction of sp³-hybridized carbons (Fsp3) is 0.571. The summed E-state index contributed by atoms with van der Waals surface area (Å²) in [7, 11) is 0. The van der Waals surface area contributed by atoms with Crippen LogP contribution in [0, 0.1) is 12.8 Å². The highest BCUT2D eigenvalue weighted by Gasteiger charge is 2.49. The van der Waals surface area contributed by atoms with E-state index in [1.165, 1.54) is 24.1 Å². The average Bonchev–Trinajstić information content (AvgIpc) is 2.62. The Kier molecular flexibility index (Phi) is 1.72.